The zero-order valence-corrected chi connectivity index (χ0v) is 13.0. The number of amides is 1. The standard InChI is InChI=1S/C15H31N3O/c1-4-11-18(12-8-14(19)17(2)3)15(13-16)9-6-5-7-10-15/h4-13,16H2,1-3H3. The van der Waals surface area contributed by atoms with Crippen LogP contribution in [0.2, 0.25) is 0 Å². The maximum atomic E-state index is 11.8. The Kier molecular flexibility index (Phi) is 6.80. The van der Waals surface area contributed by atoms with E-state index in [0.29, 0.717) is 6.42 Å². The number of carbonyl (C=O) groups is 1. The molecule has 0 heterocycles. The van der Waals surface area contributed by atoms with E-state index < -0.39 is 0 Å². The van der Waals surface area contributed by atoms with E-state index in [2.05, 4.69) is 11.8 Å². The van der Waals surface area contributed by atoms with Crippen LogP contribution >= 0.6 is 0 Å². The van der Waals surface area contributed by atoms with Gasteiger partial charge in [-0.05, 0) is 25.8 Å². The molecule has 0 spiro atoms. The van der Waals surface area contributed by atoms with Gasteiger partial charge >= 0.3 is 0 Å². The van der Waals surface area contributed by atoms with Crippen LogP contribution in [-0.2, 0) is 4.79 Å². The summed E-state index contributed by atoms with van der Waals surface area (Å²) in [7, 11) is 3.65. The van der Waals surface area contributed by atoms with E-state index in [4.69, 9.17) is 5.73 Å². The molecule has 0 aromatic carbocycles. The minimum absolute atomic E-state index is 0.154. The fourth-order valence-corrected chi connectivity index (χ4v) is 3.17. The van der Waals surface area contributed by atoms with Gasteiger partial charge in [-0.25, -0.2) is 0 Å². The molecule has 0 bridgehead atoms. The first kappa shape index (κ1) is 16.4. The Hall–Kier alpha value is -0.610. The number of carbonyl (C=O) groups excluding carboxylic acids is 1. The molecule has 4 nitrogen and oxygen atoms in total. The van der Waals surface area contributed by atoms with Crippen LogP contribution in [-0.4, -0.2) is 55.0 Å². The zero-order valence-electron chi connectivity index (χ0n) is 13.0. The zero-order chi connectivity index (χ0) is 14.3. The van der Waals surface area contributed by atoms with Gasteiger partial charge in [-0.3, -0.25) is 9.69 Å². The van der Waals surface area contributed by atoms with Crippen LogP contribution in [0, 0.1) is 0 Å². The average Bonchev–Trinajstić information content (AvgIpc) is 2.43. The van der Waals surface area contributed by atoms with Crippen molar-refractivity contribution < 1.29 is 4.79 Å². The minimum Gasteiger partial charge on any atom is -0.349 e. The lowest BCUT2D eigenvalue weighted by molar-refractivity contribution is -0.129. The molecule has 0 aliphatic heterocycles. The van der Waals surface area contributed by atoms with Crippen molar-refractivity contribution in [2.24, 2.45) is 5.73 Å². The molecule has 19 heavy (non-hydrogen) atoms. The third-order valence-corrected chi connectivity index (χ3v) is 4.42. The van der Waals surface area contributed by atoms with Crippen LogP contribution in [0.25, 0.3) is 0 Å². The topological polar surface area (TPSA) is 49.6 Å². The summed E-state index contributed by atoms with van der Waals surface area (Å²) in [6.07, 6.45) is 8.00. The largest absolute Gasteiger partial charge is 0.349 e. The van der Waals surface area contributed by atoms with Gasteiger partial charge in [0.15, 0.2) is 0 Å². The average molecular weight is 269 g/mol. The Bertz CT molecular complexity index is 273. The Morgan fingerprint density at radius 2 is 1.79 bits per heavy atom. The molecular formula is C15H31N3O. The maximum absolute atomic E-state index is 11.8. The van der Waals surface area contributed by atoms with Crippen molar-refractivity contribution in [1.82, 2.24) is 9.80 Å². The molecule has 1 fully saturated rings. The first-order chi connectivity index (χ1) is 9.05. The highest BCUT2D eigenvalue weighted by Crippen LogP contribution is 2.33. The molecule has 0 saturated heterocycles. The number of hydrogen-bond acceptors (Lipinski definition) is 3. The van der Waals surface area contributed by atoms with E-state index in [0.717, 1.165) is 26.1 Å². The normalized spacial score (nSPS) is 18.6. The minimum atomic E-state index is 0.154. The van der Waals surface area contributed by atoms with Crippen molar-refractivity contribution in [2.45, 2.75) is 57.4 Å². The van der Waals surface area contributed by atoms with E-state index >= 15 is 0 Å². The molecule has 0 aromatic rings. The summed E-state index contributed by atoms with van der Waals surface area (Å²) < 4.78 is 0. The summed E-state index contributed by atoms with van der Waals surface area (Å²) >= 11 is 0. The van der Waals surface area contributed by atoms with Gasteiger partial charge < -0.3 is 10.6 Å². The number of rotatable bonds is 7. The first-order valence-corrected chi connectivity index (χ1v) is 7.71. The van der Waals surface area contributed by atoms with Gasteiger partial charge in [0, 0.05) is 39.1 Å². The fraction of sp³-hybridized carbons (Fsp3) is 0.933. The summed E-state index contributed by atoms with van der Waals surface area (Å²) in [6, 6.07) is 0. The van der Waals surface area contributed by atoms with Crippen LogP contribution in [0.1, 0.15) is 51.9 Å². The van der Waals surface area contributed by atoms with Crippen molar-refractivity contribution in [2.75, 3.05) is 33.7 Å². The molecule has 4 heteroatoms. The summed E-state index contributed by atoms with van der Waals surface area (Å²) in [4.78, 5) is 16.0. The van der Waals surface area contributed by atoms with Crippen molar-refractivity contribution in [3.8, 4) is 0 Å². The van der Waals surface area contributed by atoms with Gasteiger partial charge in [-0.2, -0.15) is 0 Å². The SMILES string of the molecule is CCCN(CCC(=O)N(C)C)C1(CN)CCCCC1. The molecule has 0 radical (unpaired) electrons. The molecule has 112 valence electrons. The lowest BCUT2D eigenvalue weighted by Gasteiger charge is -2.46. The Labute approximate surface area is 118 Å². The number of hydrogen-bond donors (Lipinski definition) is 1. The van der Waals surface area contributed by atoms with E-state index in [1.165, 1.54) is 32.1 Å². The van der Waals surface area contributed by atoms with Gasteiger partial charge in [0.2, 0.25) is 5.91 Å². The van der Waals surface area contributed by atoms with Crippen molar-refractivity contribution in [3.05, 3.63) is 0 Å². The molecule has 1 rings (SSSR count). The molecule has 1 aliphatic carbocycles. The quantitative estimate of drug-likeness (QED) is 0.767. The van der Waals surface area contributed by atoms with Crippen molar-refractivity contribution in [1.29, 1.82) is 0 Å². The van der Waals surface area contributed by atoms with Crippen LogP contribution in [0.3, 0.4) is 0 Å². The third kappa shape index (κ3) is 4.46. The second-order valence-electron chi connectivity index (χ2n) is 6.01. The monoisotopic (exact) mass is 269 g/mol. The van der Waals surface area contributed by atoms with Crippen LogP contribution < -0.4 is 5.73 Å². The Morgan fingerprint density at radius 1 is 1.16 bits per heavy atom. The van der Waals surface area contributed by atoms with E-state index in [9.17, 15) is 4.79 Å². The highest BCUT2D eigenvalue weighted by atomic mass is 16.2. The van der Waals surface area contributed by atoms with E-state index in [1.807, 2.05) is 14.1 Å². The molecule has 0 aromatic heterocycles. The van der Waals surface area contributed by atoms with Crippen LogP contribution in [0.15, 0.2) is 0 Å². The molecule has 1 saturated carbocycles. The van der Waals surface area contributed by atoms with Gasteiger partial charge in [-0.1, -0.05) is 26.2 Å². The number of nitrogens with zero attached hydrogens (tertiary/aromatic N) is 2. The second-order valence-corrected chi connectivity index (χ2v) is 6.01. The van der Waals surface area contributed by atoms with Gasteiger partial charge in [0.05, 0.1) is 0 Å². The molecule has 0 unspecified atom stereocenters. The van der Waals surface area contributed by atoms with E-state index in [1.54, 1.807) is 4.90 Å². The molecule has 1 aliphatic rings. The molecule has 2 N–H and O–H groups in total. The van der Waals surface area contributed by atoms with E-state index in [-0.39, 0.29) is 11.4 Å². The van der Waals surface area contributed by atoms with Gasteiger partial charge in [-0.15, -0.1) is 0 Å². The number of nitrogens with two attached hydrogens (primary N) is 1. The van der Waals surface area contributed by atoms with Gasteiger partial charge in [0.1, 0.15) is 0 Å². The smallest absolute Gasteiger partial charge is 0.223 e. The Balaban J connectivity index is 2.65. The fourth-order valence-electron chi connectivity index (χ4n) is 3.17. The molecule has 0 atom stereocenters. The molecular weight excluding hydrogens is 238 g/mol. The second kappa shape index (κ2) is 7.85. The van der Waals surface area contributed by atoms with Crippen molar-refractivity contribution >= 4 is 5.91 Å². The first-order valence-electron chi connectivity index (χ1n) is 7.71. The highest BCUT2D eigenvalue weighted by Gasteiger charge is 2.36. The maximum Gasteiger partial charge on any atom is 0.223 e. The van der Waals surface area contributed by atoms with Crippen LogP contribution in [0.4, 0.5) is 0 Å². The predicted molar refractivity (Wildman–Crippen MR) is 80.0 cm³/mol. The summed E-state index contributed by atoms with van der Waals surface area (Å²) in [5.74, 6) is 0.212. The van der Waals surface area contributed by atoms with Crippen molar-refractivity contribution in [3.63, 3.8) is 0 Å². The molecule has 1 amide bonds. The lowest BCUT2D eigenvalue weighted by Crippen LogP contribution is -2.56. The van der Waals surface area contributed by atoms with Gasteiger partial charge in [0.25, 0.3) is 0 Å². The third-order valence-electron chi connectivity index (χ3n) is 4.42. The highest BCUT2D eigenvalue weighted by molar-refractivity contribution is 5.75. The lowest BCUT2D eigenvalue weighted by atomic mass is 9.80. The summed E-state index contributed by atoms with van der Waals surface area (Å²) in [5.41, 5.74) is 6.25. The summed E-state index contributed by atoms with van der Waals surface area (Å²) in [5, 5.41) is 0. The summed E-state index contributed by atoms with van der Waals surface area (Å²) in [6.45, 7) is 4.83. The predicted octanol–water partition coefficient (Wildman–Crippen LogP) is 1.84. The Morgan fingerprint density at radius 3 is 2.26 bits per heavy atom. The van der Waals surface area contributed by atoms with Crippen LogP contribution in [0.5, 0.6) is 0 Å².